The minimum atomic E-state index is -0.640. The van der Waals surface area contributed by atoms with E-state index in [1.54, 1.807) is 31.2 Å². The summed E-state index contributed by atoms with van der Waals surface area (Å²) in [5.74, 6) is -0.971. The van der Waals surface area contributed by atoms with Gasteiger partial charge in [0.2, 0.25) is 0 Å². The smallest absolute Gasteiger partial charge is 0.269 e. The number of hydrogen-bond donors (Lipinski definition) is 1. The topological polar surface area (TPSA) is 89.3 Å². The molecule has 0 saturated heterocycles. The highest BCUT2D eigenvalue weighted by Crippen LogP contribution is 2.46. The molecule has 1 N–H and O–H groups in total. The molecule has 4 rings (SSSR count). The van der Waals surface area contributed by atoms with E-state index < -0.39 is 10.8 Å². The Morgan fingerprint density at radius 3 is 2.48 bits per heavy atom. The van der Waals surface area contributed by atoms with E-state index in [0.717, 1.165) is 5.56 Å². The highest BCUT2D eigenvalue weighted by atomic mass is 16.6. The first-order chi connectivity index (χ1) is 12.9. The van der Waals surface area contributed by atoms with Crippen LogP contribution >= 0.6 is 0 Å². The first-order valence-electron chi connectivity index (χ1n) is 8.51. The number of nitro groups is 1. The van der Waals surface area contributed by atoms with Crippen molar-refractivity contribution in [3.8, 4) is 0 Å². The van der Waals surface area contributed by atoms with Crippen LogP contribution in [0, 0.1) is 10.1 Å². The number of allylic oxidation sites excluding steroid dienone is 3. The van der Waals surface area contributed by atoms with Gasteiger partial charge in [0.25, 0.3) is 5.69 Å². The quantitative estimate of drug-likeness (QED) is 0.665. The minimum absolute atomic E-state index is 0.0725. The predicted molar refractivity (Wildman–Crippen MR) is 100 cm³/mol. The highest BCUT2D eigenvalue weighted by Gasteiger charge is 2.41. The van der Waals surface area contributed by atoms with Gasteiger partial charge in [0, 0.05) is 46.0 Å². The second-order valence-electron chi connectivity index (χ2n) is 6.67. The summed E-state index contributed by atoms with van der Waals surface area (Å²) in [6.07, 6.45) is 0. The van der Waals surface area contributed by atoms with Crippen LogP contribution in [-0.2, 0) is 4.79 Å². The zero-order valence-electron chi connectivity index (χ0n) is 14.8. The van der Waals surface area contributed by atoms with Crippen molar-refractivity contribution in [1.29, 1.82) is 0 Å². The first kappa shape index (κ1) is 16.9. The van der Waals surface area contributed by atoms with Crippen LogP contribution in [0.5, 0.6) is 0 Å². The molecule has 0 radical (unpaired) electrons. The number of ketones is 2. The molecule has 0 bridgehead atoms. The van der Waals surface area contributed by atoms with Crippen LogP contribution in [0.25, 0.3) is 5.70 Å². The van der Waals surface area contributed by atoms with Gasteiger partial charge in [-0.1, -0.05) is 36.4 Å². The number of nitrogens with one attached hydrogen (secondary N) is 1. The van der Waals surface area contributed by atoms with Gasteiger partial charge < -0.3 is 5.32 Å². The molecule has 0 amide bonds. The summed E-state index contributed by atoms with van der Waals surface area (Å²) in [7, 11) is 0. The van der Waals surface area contributed by atoms with Crippen molar-refractivity contribution >= 4 is 23.0 Å². The Morgan fingerprint density at radius 1 is 1.11 bits per heavy atom. The molecular weight excluding hydrogens is 344 g/mol. The fourth-order valence-electron chi connectivity index (χ4n) is 3.95. The Balaban J connectivity index is 1.97. The Morgan fingerprint density at radius 2 is 1.81 bits per heavy atom. The van der Waals surface area contributed by atoms with Crippen LogP contribution in [-0.4, -0.2) is 16.5 Å². The van der Waals surface area contributed by atoms with E-state index in [1.807, 2.05) is 12.1 Å². The molecule has 2 aromatic rings. The third-order valence-corrected chi connectivity index (χ3v) is 5.04. The van der Waals surface area contributed by atoms with Gasteiger partial charge in [-0.2, -0.15) is 0 Å². The summed E-state index contributed by atoms with van der Waals surface area (Å²) < 4.78 is 0. The lowest BCUT2D eigenvalue weighted by Crippen LogP contribution is -2.27. The molecule has 6 nitrogen and oxygen atoms in total. The average Bonchev–Trinajstić information content (AvgIpc) is 2.93. The molecule has 0 aromatic heterocycles. The number of carbonyl (C=O) groups is 2. The van der Waals surface area contributed by atoms with E-state index in [2.05, 4.69) is 5.32 Å². The van der Waals surface area contributed by atoms with Crippen LogP contribution in [0.4, 0.5) is 5.69 Å². The summed E-state index contributed by atoms with van der Waals surface area (Å²) in [6.45, 7) is 3.24. The normalized spacial score (nSPS) is 18.1. The third kappa shape index (κ3) is 2.49. The zero-order chi connectivity index (χ0) is 19.3. The predicted octanol–water partition coefficient (Wildman–Crippen LogP) is 3.75. The van der Waals surface area contributed by atoms with E-state index in [4.69, 9.17) is 0 Å². The molecule has 0 fully saturated rings. The standard InChI is InChI=1S/C21H16N2O4/c1-11-17(12(2)24)18(13-6-5-7-14(10-13)23(26)27)19-20(22-11)15-8-3-4-9-16(15)21(19)25/h3-10,18,22H,1-2H3. The van der Waals surface area contributed by atoms with E-state index >= 15 is 0 Å². The molecule has 134 valence electrons. The molecule has 1 aliphatic carbocycles. The maximum atomic E-state index is 13.1. The number of fused-ring (bicyclic) bond motifs is 2. The zero-order valence-corrected chi connectivity index (χ0v) is 14.8. The lowest BCUT2D eigenvalue weighted by atomic mass is 9.78. The summed E-state index contributed by atoms with van der Waals surface area (Å²) in [5, 5.41) is 14.4. The van der Waals surface area contributed by atoms with Crippen LogP contribution in [0.1, 0.15) is 41.3 Å². The van der Waals surface area contributed by atoms with Gasteiger partial charge in [-0.25, -0.2) is 0 Å². The summed E-state index contributed by atoms with van der Waals surface area (Å²) in [6, 6.07) is 13.4. The fraction of sp³-hybridized carbons (Fsp3) is 0.143. The van der Waals surface area contributed by atoms with Gasteiger partial charge in [-0.15, -0.1) is 0 Å². The number of benzene rings is 2. The van der Waals surface area contributed by atoms with E-state index in [0.29, 0.717) is 33.7 Å². The number of dihydropyridines is 1. The largest absolute Gasteiger partial charge is 0.358 e. The number of rotatable bonds is 3. The Labute approximate surface area is 155 Å². The molecule has 6 heteroatoms. The van der Waals surface area contributed by atoms with Crippen LogP contribution in [0.3, 0.4) is 0 Å². The van der Waals surface area contributed by atoms with Gasteiger partial charge in [0.05, 0.1) is 10.6 Å². The van der Waals surface area contributed by atoms with Crippen molar-refractivity contribution in [1.82, 2.24) is 5.32 Å². The lowest BCUT2D eigenvalue weighted by molar-refractivity contribution is -0.384. The number of carbonyl (C=O) groups excluding carboxylic acids is 2. The van der Waals surface area contributed by atoms with Gasteiger partial charge in [-0.3, -0.25) is 19.7 Å². The number of nitrogens with zero attached hydrogens (tertiary/aromatic N) is 1. The Hall–Kier alpha value is -3.54. The van der Waals surface area contributed by atoms with E-state index in [-0.39, 0.29) is 17.3 Å². The van der Waals surface area contributed by atoms with Crippen molar-refractivity contribution < 1.29 is 14.5 Å². The Bertz CT molecular complexity index is 1090. The fourth-order valence-corrected chi connectivity index (χ4v) is 3.95. The molecule has 0 spiro atoms. The van der Waals surface area contributed by atoms with Gasteiger partial charge in [0.15, 0.2) is 11.6 Å². The molecule has 2 aliphatic rings. The van der Waals surface area contributed by atoms with Crippen LogP contribution < -0.4 is 5.32 Å². The molecule has 1 heterocycles. The number of nitro benzene ring substituents is 1. The molecule has 27 heavy (non-hydrogen) atoms. The molecule has 1 unspecified atom stereocenters. The number of hydrogen-bond acceptors (Lipinski definition) is 5. The van der Waals surface area contributed by atoms with E-state index in [1.165, 1.54) is 19.1 Å². The maximum Gasteiger partial charge on any atom is 0.269 e. The first-order valence-corrected chi connectivity index (χ1v) is 8.51. The van der Waals surface area contributed by atoms with Gasteiger partial charge in [0.1, 0.15) is 0 Å². The van der Waals surface area contributed by atoms with Crippen LogP contribution in [0.2, 0.25) is 0 Å². The third-order valence-electron chi connectivity index (χ3n) is 5.04. The van der Waals surface area contributed by atoms with Crippen molar-refractivity contribution in [3.63, 3.8) is 0 Å². The molecule has 1 aliphatic heterocycles. The van der Waals surface area contributed by atoms with Crippen molar-refractivity contribution in [2.45, 2.75) is 19.8 Å². The second kappa shape index (κ2) is 6.02. The summed E-state index contributed by atoms with van der Waals surface area (Å²) in [5.41, 5.74) is 4.10. The van der Waals surface area contributed by atoms with Crippen molar-refractivity contribution in [2.75, 3.05) is 0 Å². The monoisotopic (exact) mass is 360 g/mol. The van der Waals surface area contributed by atoms with E-state index in [9.17, 15) is 19.7 Å². The van der Waals surface area contributed by atoms with Crippen LogP contribution in [0.15, 0.2) is 65.4 Å². The minimum Gasteiger partial charge on any atom is -0.358 e. The second-order valence-corrected chi connectivity index (χ2v) is 6.67. The number of Topliss-reactive ketones (excluding diaryl/α,β-unsaturated/α-hetero) is 2. The lowest BCUT2D eigenvalue weighted by Gasteiger charge is -2.29. The highest BCUT2D eigenvalue weighted by molar-refractivity contribution is 6.23. The van der Waals surface area contributed by atoms with Gasteiger partial charge >= 0.3 is 0 Å². The van der Waals surface area contributed by atoms with Crippen molar-refractivity contribution in [3.05, 3.63) is 92.2 Å². The SMILES string of the molecule is CC(=O)C1=C(C)NC2=C(C(=O)c3ccccc32)C1c1cccc([N+](=O)[O-])c1. The summed E-state index contributed by atoms with van der Waals surface area (Å²) in [4.78, 5) is 36.3. The average molecular weight is 360 g/mol. The molecule has 1 atom stereocenters. The maximum absolute atomic E-state index is 13.1. The molecule has 0 saturated carbocycles. The van der Waals surface area contributed by atoms with Crippen molar-refractivity contribution in [2.24, 2.45) is 0 Å². The molecule has 2 aromatic carbocycles. The molecular formula is C21H16N2O4. The van der Waals surface area contributed by atoms with Gasteiger partial charge in [-0.05, 0) is 19.4 Å². The summed E-state index contributed by atoms with van der Waals surface area (Å²) >= 11 is 0. The Kier molecular flexibility index (Phi) is 3.77. The number of non-ortho nitro benzene ring substituents is 1.